The molecule has 0 bridgehead atoms. The van der Waals surface area contributed by atoms with Gasteiger partial charge in [0.15, 0.2) is 5.65 Å². The quantitative estimate of drug-likeness (QED) is 0.704. The molecule has 0 aliphatic carbocycles. The zero-order valence-electron chi connectivity index (χ0n) is 11.9. The average molecular weight is 277 g/mol. The number of nitrogens with one attached hydrogen (secondary N) is 1. The number of nitrogens with zero attached hydrogens (tertiary/aromatic N) is 3. The van der Waals surface area contributed by atoms with E-state index in [9.17, 15) is 5.26 Å². The van der Waals surface area contributed by atoms with Crippen LogP contribution in [0.1, 0.15) is 19.4 Å². The van der Waals surface area contributed by atoms with Crippen LogP contribution in [0.2, 0.25) is 0 Å². The Morgan fingerprint density at radius 2 is 2.10 bits per heavy atom. The van der Waals surface area contributed by atoms with Crippen LogP contribution >= 0.6 is 0 Å². The van der Waals surface area contributed by atoms with Gasteiger partial charge in [-0.3, -0.25) is 5.10 Å². The number of rotatable bonds is 2. The third kappa shape index (κ3) is 2.21. The topological polar surface area (TPSA) is 91.4 Å². The summed E-state index contributed by atoms with van der Waals surface area (Å²) in [6, 6.07) is 9.99. The normalized spacial score (nSPS) is 11.5. The Labute approximate surface area is 122 Å². The van der Waals surface area contributed by atoms with Gasteiger partial charge in [0.2, 0.25) is 0 Å². The van der Waals surface area contributed by atoms with Crippen LogP contribution in [0.5, 0.6) is 0 Å². The maximum Gasteiger partial charge on any atom is 0.155 e. The van der Waals surface area contributed by atoms with E-state index in [1.807, 2.05) is 38.1 Å². The van der Waals surface area contributed by atoms with Gasteiger partial charge in [-0.2, -0.15) is 10.4 Å². The number of nitriles is 1. The fraction of sp³-hybridized carbons (Fsp3) is 0.188. The van der Waals surface area contributed by atoms with E-state index in [0.717, 1.165) is 27.7 Å². The number of nitrogen functional groups attached to an aromatic ring is 1. The number of benzene rings is 1. The number of hydrogen-bond acceptors (Lipinski definition) is 4. The van der Waals surface area contributed by atoms with Crippen molar-refractivity contribution in [2.24, 2.45) is 0 Å². The smallest absolute Gasteiger partial charge is 0.155 e. The Kier molecular flexibility index (Phi) is 2.88. The van der Waals surface area contributed by atoms with Gasteiger partial charge < -0.3 is 5.73 Å². The highest BCUT2D eigenvalue weighted by atomic mass is 15.1. The van der Waals surface area contributed by atoms with Crippen LogP contribution in [-0.2, 0) is 5.41 Å². The van der Waals surface area contributed by atoms with E-state index < -0.39 is 5.41 Å². The van der Waals surface area contributed by atoms with Crippen molar-refractivity contribution in [3.63, 3.8) is 0 Å². The molecule has 1 aromatic carbocycles. The number of anilines is 1. The Hall–Kier alpha value is -2.87. The molecule has 5 heteroatoms. The summed E-state index contributed by atoms with van der Waals surface area (Å²) in [4.78, 5) is 4.24. The Morgan fingerprint density at radius 3 is 2.86 bits per heavy atom. The molecular formula is C16H15N5. The average Bonchev–Trinajstić information content (AvgIpc) is 2.94. The molecule has 0 amide bonds. The lowest BCUT2D eigenvalue weighted by molar-refractivity contribution is 0.687. The minimum Gasteiger partial charge on any atom is -0.399 e. The van der Waals surface area contributed by atoms with Crippen molar-refractivity contribution in [1.29, 1.82) is 5.26 Å². The van der Waals surface area contributed by atoms with Crippen molar-refractivity contribution >= 4 is 16.7 Å². The van der Waals surface area contributed by atoms with E-state index in [0.29, 0.717) is 5.69 Å². The molecule has 0 radical (unpaired) electrons. The predicted molar refractivity (Wildman–Crippen MR) is 82.4 cm³/mol. The summed E-state index contributed by atoms with van der Waals surface area (Å²) in [5.74, 6) is 0. The second-order valence-electron chi connectivity index (χ2n) is 5.57. The van der Waals surface area contributed by atoms with Crippen molar-refractivity contribution in [1.82, 2.24) is 15.2 Å². The SMILES string of the molecule is CC(C)(C#N)c1cc(N)cc(-c2ccnc3[nH]ncc23)c1. The van der Waals surface area contributed by atoms with E-state index >= 15 is 0 Å². The van der Waals surface area contributed by atoms with Gasteiger partial charge in [0.25, 0.3) is 0 Å². The van der Waals surface area contributed by atoms with Gasteiger partial charge in [-0.1, -0.05) is 0 Å². The largest absolute Gasteiger partial charge is 0.399 e. The molecule has 0 saturated carbocycles. The van der Waals surface area contributed by atoms with Crippen molar-refractivity contribution in [2.75, 3.05) is 5.73 Å². The van der Waals surface area contributed by atoms with Crippen LogP contribution in [0.15, 0.2) is 36.7 Å². The molecule has 0 aliphatic heterocycles. The van der Waals surface area contributed by atoms with Crippen molar-refractivity contribution < 1.29 is 0 Å². The van der Waals surface area contributed by atoms with E-state index in [4.69, 9.17) is 5.73 Å². The molecule has 104 valence electrons. The van der Waals surface area contributed by atoms with E-state index in [1.165, 1.54) is 0 Å². The zero-order chi connectivity index (χ0) is 15.0. The number of pyridine rings is 1. The number of aromatic nitrogens is 3. The number of nitrogens with two attached hydrogens (primary N) is 1. The molecule has 3 N–H and O–H groups in total. The molecule has 0 spiro atoms. The molecule has 3 aromatic rings. The predicted octanol–water partition coefficient (Wildman–Crippen LogP) is 3.01. The third-order valence-corrected chi connectivity index (χ3v) is 3.62. The zero-order valence-corrected chi connectivity index (χ0v) is 11.9. The molecule has 0 unspecified atom stereocenters. The van der Waals surface area contributed by atoms with Crippen LogP contribution in [0, 0.1) is 11.3 Å². The standard InChI is InChI=1S/C16H15N5/c1-16(2,9-17)11-5-10(6-12(18)7-11)13-3-4-19-15-14(13)8-20-21-15/h3-8H,18H2,1-2H3,(H,19,20,21). The van der Waals surface area contributed by atoms with Crippen molar-refractivity contribution in [2.45, 2.75) is 19.3 Å². The molecule has 21 heavy (non-hydrogen) atoms. The van der Waals surface area contributed by atoms with Crippen molar-refractivity contribution in [3.05, 3.63) is 42.2 Å². The highest BCUT2D eigenvalue weighted by molar-refractivity contribution is 5.92. The number of H-pyrrole nitrogens is 1. The molecule has 2 heterocycles. The lowest BCUT2D eigenvalue weighted by atomic mass is 9.84. The maximum absolute atomic E-state index is 9.32. The summed E-state index contributed by atoms with van der Waals surface area (Å²) in [5.41, 5.74) is 9.65. The first-order valence-electron chi connectivity index (χ1n) is 6.62. The summed E-state index contributed by atoms with van der Waals surface area (Å²) >= 11 is 0. The highest BCUT2D eigenvalue weighted by Gasteiger charge is 2.21. The van der Waals surface area contributed by atoms with Gasteiger partial charge >= 0.3 is 0 Å². The number of hydrogen-bond donors (Lipinski definition) is 2. The molecular weight excluding hydrogens is 262 g/mol. The summed E-state index contributed by atoms with van der Waals surface area (Å²) in [5, 5.41) is 17.1. The van der Waals surface area contributed by atoms with Crippen LogP contribution in [0.25, 0.3) is 22.2 Å². The molecule has 0 atom stereocenters. The lowest BCUT2D eigenvalue weighted by Crippen LogP contribution is -2.14. The maximum atomic E-state index is 9.32. The fourth-order valence-corrected chi connectivity index (χ4v) is 2.34. The molecule has 0 saturated heterocycles. The van der Waals surface area contributed by atoms with Crippen LogP contribution < -0.4 is 5.73 Å². The highest BCUT2D eigenvalue weighted by Crippen LogP contribution is 2.32. The number of aromatic amines is 1. The molecule has 0 fully saturated rings. The van der Waals surface area contributed by atoms with Crippen molar-refractivity contribution in [3.8, 4) is 17.2 Å². The summed E-state index contributed by atoms with van der Waals surface area (Å²) in [7, 11) is 0. The van der Waals surface area contributed by atoms with Crippen LogP contribution in [0.3, 0.4) is 0 Å². The number of fused-ring (bicyclic) bond motifs is 1. The third-order valence-electron chi connectivity index (χ3n) is 3.62. The summed E-state index contributed by atoms with van der Waals surface area (Å²) in [6.07, 6.45) is 3.48. The second kappa shape index (κ2) is 4.60. The summed E-state index contributed by atoms with van der Waals surface area (Å²) in [6.45, 7) is 3.76. The van der Waals surface area contributed by atoms with E-state index in [1.54, 1.807) is 12.4 Å². The van der Waals surface area contributed by atoms with Gasteiger partial charge in [0, 0.05) is 17.3 Å². The second-order valence-corrected chi connectivity index (χ2v) is 5.57. The summed E-state index contributed by atoms with van der Waals surface area (Å²) < 4.78 is 0. The first-order valence-corrected chi connectivity index (χ1v) is 6.62. The van der Waals surface area contributed by atoms with E-state index in [-0.39, 0.29) is 0 Å². The van der Waals surface area contributed by atoms with Gasteiger partial charge in [-0.05, 0) is 54.8 Å². The molecule has 3 rings (SSSR count). The fourth-order valence-electron chi connectivity index (χ4n) is 2.34. The van der Waals surface area contributed by atoms with Gasteiger partial charge in [0.1, 0.15) is 0 Å². The Bertz CT molecular complexity index is 854. The lowest BCUT2D eigenvalue weighted by Gasteiger charge is -2.18. The van der Waals surface area contributed by atoms with E-state index in [2.05, 4.69) is 21.3 Å². The van der Waals surface area contributed by atoms with Crippen LogP contribution in [-0.4, -0.2) is 15.2 Å². The first kappa shape index (κ1) is 13.1. The van der Waals surface area contributed by atoms with Gasteiger partial charge in [-0.25, -0.2) is 4.98 Å². The minimum atomic E-state index is -0.591. The monoisotopic (exact) mass is 277 g/mol. The van der Waals surface area contributed by atoms with Gasteiger partial charge in [-0.15, -0.1) is 0 Å². The molecule has 2 aromatic heterocycles. The van der Waals surface area contributed by atoms with Crippen LogP contribution in [0.4, 0.5) is 5.69 Å². The minimum absolute atomic E-state index is 0.591. The Balaban J connectivity index is 2.24. The van der Waals surface area contributed by atoms with Gasteiger partial charge in [0.05, 0.1) is 17.7 Å². The first-order chi connectivity index (χ1) is 10.0. The molecule has 5 nitrogen and oxygen atoms in total. The Morgan fingerprint density at radius 1 is 1.29 bits per heavy atom. The molecule has 0 aliphatic rings.